The average molecular weight is 556 g/mol. The zero-order valence-electron chi connectivity index (χ0n) is 23.2. The van der Waals surface area contributed by atoms with E-state index >= 15 is 0 Å². The number of thiophene rings is 1. The van der Waals surface area contributed by atoms with Crippen LogP contribution in [0.25, 0.3) is 80.7 Å². The van der Waals surface area contributed by atoms with Crippen LogP contribution in [0.1, 0.15) is 25.0 Å². The van der Waals surface area contributed by atoms with Crippen molar-refractivity contribution in [1.82, 2.24) is 4.57 Å². The van der Waals surface area contributed by atoms with Crippen LogP contribution in [0.3, 0.4) is 0 Å². The number of rotatable bonds is 1. The highest BCUT2D eigenvalue weighted by molar-refractivity contribution is 7.25. The van der Waals surface area contributed by atoms with Crippen molar-refractivity contribution in [3.05, 3.63) is 126 Å². The molecule has 1 aliphatic carbocycles. The first-order chi connectivity index (χ1) is 20.6. The van der Waals surface area contributed by atoms with E-state index in [-0.39, 0.29) is 5.41 Å². The van der Waals surface area contributed by atoms with Crippen LogP contribution < -0.4 is 0 Å². The Kier molecular flexibility index (Phi) is 4.18. The maximum absolute atomic E-state index is 6.70. The van der Waals surface area contributed by atoms with E-state index in [1.165, 1.54) is 58.7 Å². The summed E-state index contributed by atoms with van der Waals surface area (Å²) in [5.41, 5.74) is 10.8. The van der Waals surface area contributed by atoms with Crippen LogP contribution >= 0.6 is 11.3 Å². The quantitative estimate of drug-likeness (QED) is 0.197. The second-order valence-corrected chi connectivity index (χ2v) is 13.2. The molecule has 0 saturated carbocycles. The number of nitrogens with zero attached hydrogens (tertiary/aromatic N) is 1. The largest absolute Gasteiger partial charge is 0.454 e. The molecule has 0 amide bonds. The van der Waals surface area contributed by atoms with Gasteiger partial charge in [0.05, 0.1) is 11.0 Å². The first kappa shape index (κ1) is 22.8. The first-order valence-electron chi connectivity index (χ1n) is 14.5. The third-order valence-corrected chi connectivity index (χ3v) is 10.7. The Morgan fingerprint density at radius 3 is 2.19 bits per heavy atom. The fourth-order valence-corrected chi connectivity index (χ4v) is 8.80. The molecule has 198 valence electrons. The normalized spacial score (nSPS) is 14.1. The first-order valence-corrected chi connectivity index (χ1v) is 15.3. The van der Waals surface area contributed by atoms with Crippen molar-refractivity contribution >= 4 is 75.3 Å². The fraction of sp³-hybridized carbons (Fsp3) is 0.0769. The van der Waals surface area contributed by atoms with Crippen LogP contribution in [0.15, 0.2) is 120 Å². The second kappa shape index (κ2) is 7.70. The van der Waals surface area contributed by atoms with Gasteiger partial charge in [-0.25, -0.2) is 0 Å². The van der Waals surface area contributed by atoms with E-state index in [0.717, 1.165) is 33.1 Å². The average Bonchev–Trinajstić information content (AvgIpc) is 3.74. The van der Waals surface area contributed by atoms with Gasteiger partial charge in [-0.3, -0.25) is 0 Å². The summed E-state index contributed by atoms with van der Waals surface area (Å²) >= 11 is 1.87. The Morgan fingerprint density at radius 2 is 1.26 bits per heavy atom. The van der Waals surface area contributed by atoms with E-state index in [0.29, 0.717) is 0 Å². The predicted octanol–water partition coefficient (Wildman–Crippen LogP) is 11.4. The van der Waals surface area contributed by atoms with E-state index in [9.17, 15) is 0 Å². The summed E-state index contributed by atoms with van der Waals surface area (Å²) in [5.74, 6) is 0. The summed E-state index contributed by atoms with van der Waals surface area (Å²) in [7, 11) is 0. The molecule has 0 atom stereocenters. The van der Waals surface area contributed by atoms with E-state index in [2.05, 4.69) is 134 Å². The number of furan rings is 1. The Morgan fingerprint density at radius 1 is 0.571 bits per heavy atom. The van der Waals surface area contributed by atoms with E-state index in [1.54, 1.807) is 0 Å². The molecule has 6 aromatic carbocycles. The van der Waals surface area contributed by atoms with Gasteiger partial charge < -0.3 is 8.98 Å². The van der Waals surface area contributed by atoms with Gasteiger partial charge in [-0.05, 0) is 47.0 Å². The van der Waals surface area contributed by atoms with E-state index in [4.69, 9.17) is 4.42 Å². The highest BCUT2D eigenvalue weighted by Gasteiger charge is 2.37. The standard InChI is InChI=1S/C39H25NOS/c1-39(2)30-12-6-3-11-29(30)35-31(39)20-19-26-27-17-18-28-23-9-4-7-13-32(23)41-38(28)37(27)40(36(26)35)22-15-16-25-24-10-5-8-14-33(24)42-34(25)21-22/h3-21H,1-2H3. The molecule has 0 spiro atoms. The molecule has 0 bridgehead atoms. The minimum absolute atomic E-state index is 0.0779. The van der Waals surface area contributed by atoms with Crippen LogP contribution in [0.5, 0.6) is 0 Å². The van der Waals surface area contributed by atoms with Gasteiger partial charge in [0.25, 0.3) is 0 Å². The third kappa shape index (κ3) is 2.70. The zero-order valence-corrected chi connectivity index (χ0v) is 24.0. The summed E-state index contributed by atoms with van der Waals surface area (Å²) in [6, 6.07) is 42.3. The number of benzene rings is 6. The van der Waals surface area contributed by atoms with Gasteiger partial charge in [0.15, 0.2) is 5.58 Å². The van der Waals surface area contributed by atoms with E-state index < -0.39 is 0 Å². The molecule has 42 heavy (non-hydrogen) atoms. The molecule has 3 aromatic heterocycles. The summed E-state index contributed by atoms with van der Waals surface area (Å²) in [6.45, 7) is 4.72. The molecule has 1 aliphatic rings. The second-order valence-electron chi connectivity index (χ2n) is 12.1. The van der Waals surface area contributed by atoms with Gasteiger partial charge in [-0.1, -0.05) is 98.8 Å². The van der Waals surface area contributed by atoms with Crippen molar-refractivity contribution in [3.63, 3.8) is 0 Å². The molecule has 2 nitrogen and oxygen atoms in total. The lowest BCUT2D eigenvalue weighted by Crippen LogP contribution is -2.14. The highest BCUT2D eigenvalue weighted by Crippen LogP contribution is 2.53. The molecular formula is C39H25NOS. The topological polar surface area (TPSA) is 18.1 Å². The van der Waals surface area contributed by atoms with Crippen molar-refractivity contribution in [2.24, 2.45) is 0 Å². The predicted molar refractivity (Wildman–Crippen MR) is 179 cm³/mol. The van der Waals surface area contributed by atoms with Crippen molar-refractivity contribution in [3.8, 4) is 16.8 Å². The lowest BCUT2D eigenvalue weighted by molar-refractivity contribution is 0.661. The van der Waals surface area contributed by atoms with E-state index in [1.807, 2.05) is 11.3 Å². The maximum atomic E-state index is 6.70. The number of hydrogen-bond donors (Lipinski definition) is 0. The van der Waals surface area contributed by atoms with Gasteiger partial charge in [0.1, 0.15) is 5.58 Å². The zero-order chi connectivity index (χ0) is 27.7. The molecule has 0 unspecified atom stereocenters. The maximum Gasteiger partial charge on any atom is 0.160 e. The molecule has 0 N–H and O–H groups in total. The Balaban J connectivity index is 1.44. The molecular weight excluding hydrogens is 531 g/mol. The van der Waals surface area contributed by atoms with Crippen molar-refractivity contribution in [1.29, 1.82) is 0 Å². The van der Waals surface area contributed by atoms with Gasteiger partial charge in [0.2, 0.25) is 0 Å². The molecule has 0 saturated heterocycles. The summed E-state index contributed by atoms with van der Waals surface area (Å²) in [4.78, 5) is 0. The number of aromatic nitrogens is 1. The monoisotopic (exact) mass is 555 g/mol. The SMILES string of the molecule is CC1(C)c2ccccc2-c2c1ccc1c3ccc4c5ccccc5oc4c3n(-c3ccc4c(c3)sc3ccccc34)c21. The Hall–Kier alpha value is -4.86. The van der Waals surface area contributed by atoms with Crippen molar-refractivity contribution in [2.45, 2.75) is 19.3 Å². The molecule has 0 aliphatic heterocycles. The fourth-order valence-electron chi connectivity index (χ4n) is 7.66. The lowest BCUT2D eigenvalue weighted by Gasteiger charge is -2.21. The number of hydrogen-bond acceptors (Lipinski definition) is 2. The lowest BCUT2D eigenvalue weighted by atomic mass is 9.82. The highest BCUT2D eigenvalue weighted by atomic mass is 32.1. The van der Waals surface area contributed by atoms with Crippen LogP contribution in [0.4, 0.5) is 0 Å². The molecule has 0 fully saturated rings. The number of fused-ring (bicyclic) bond motifs is 14. The summed E-state index contributed by atoms with van der Waals surface area (Å²) < 4.78 is 11.8. The van der Waals surface area contributed by atoms with Crippen LogP contribution in [0.2, 0.25) is 0 Å². The van der Waals surface area contributed by atoms with Crippen LogP contribution in [-0.2, 0) is 5.41 Å². The van der Waals surface area contributed by atoms with Crippen molar-refractivity contribution in [2.75, 3.05) is 0 Å². The van der Waals surface area contributed by atoms with Gasteiger partial charge >= 0.3 is 0 Å². The Labute approximate surface area is 246 Å². The molecule has 0 radical (unpaired) electrons. The minimum atomic E-state index is -0.0779. The molecule has 9 aromatic rings. The summed E-state index contributed by atoms with van der Waals surface area (Å²) in [5, 5.41) is 7.42. The Bertz CT molecular complexity index is 2610. The third-order valence-electron chi connectivity index (χ3n) is 9.60. The molecule has 10 rings (SSSR count). The molecule has 3 heteroatoms. The molecule has 3 heterocycles. The van der Waals surface area contributed by atoms with Crippen LogP contribution in [0, 0.1) is 0 Å². The minimum Gasteiger partial charge on any atom is -0.454 e. The van der Waals surface area contributed by atoms with Crippen LogP contribution in [-0.4, -0.2) is 4.57 Å². The van der Waals surface area contributed by atoms with Gasteiger partial charge in [-0.2, -0.15) is 0 Å². The van der Waals surface area contributed by atoms with Gasteiger partial charge in [0, 0.05) is 58.4 Å². The smallest absolute Gasteiger partial charge is 0.160 e. The number of para-hydroxylation sites is 1. The van der Waals surface area contributed by atoms with Gasteiger partial charge in [-0.15, -0.1) is 11.3 Å². The van der Waals surface area contributed by atoms with Crippen molar-refractivity contribution < 1.29 is 4.42 Å². The summed E-state index contributed by atoms with van der Waals surface area (Å²) in [6.07, 6.45) is 0.